The van der Waals surface area contributed by atoms with Crippen LogP contribution >= 0.6 is 12.4 Å². The first-order chi connectivity index (χ1) is 16.6. The van der Waals surface area contributed by atoms with Crippen molar-refractivity contribution in [3.05, 3.63) is 94.0 Å². The number of fused-ring (bicyclic) bond motifs is 1. The number of nitro benzene ring substituents is 1. The van der Waals surface area contributed by atoms with Gasteiger partial charge in [0.1, 0.15) is 11.3 Å². The average Bonchev–Trinajstić information content (AvgIpc) is 3.28. The summed E-state index contributed by atoms with van der Waals surface area (Å²) < 4.78 is 6.11. The third kappa shape index (κ3) is 5.51. The number of non-ortho nitro benzene ring substituents is 1. The number of nitro groups is 1. The van der Waals surface area contributed by atoms with Gasteiger partial charge in [-0.1, -0.05) is 24.3 Å². The Morgan fingerprint density at radius 2 is 1.83 bits per heavy atom. The Morgan fingerprint density at radius 1 is 1.03 bits per heavy atom. The molecule has 5 rings (SSSR count). The van der Waals surface area contributed by atoms with Crippen LogP contribution in [0.3, 0.4) is 0 Å². The fraction of sp³-hybridized carbons (Fsp3) is 0.192. The number of para-hydroxylation sites is 1. The van der Waals surface area contributed by atoms with Crippen LogP contribution in [-0.4, -0.2) is 41.9 Å². The Morgan fingerprint density at radius 3 is 2.63 bits per heavy atom. The van der Waals surface area contributed by atoms with E-state index in [1.54, 1.807) is 12.1 Å². The van der Waals surface area contributed by atoms with Gasteiger partial charge in [-0.25, -0.2) is 0 Å². The van der Waals surface area contributed by atoms with Gasteiger partial charge in [0.05, 0.1) is 10.6 Å². The van der Waals surface area contributed by atoms with E-state index in [-0.39, 0.29) is 23.7 Å². The zero-order chi connectivity index (χ0) is 23.5. The minimum atomic E-state index is -0.518. The van der Waals surface area contributed by atoms with Gasteiger partial charge in [0.25, 0.3) is 11.6 Å². The number of nitrogens with zero attached hydrogens (tertiary/aromatic N) is 2. The Balaban J connectivity index is 0.00000289. The summed E-state index contributed by atoms with van der Waals surface area (Å²) >= 11 is 0. The average molecular weight is 493 g/mol. The fourth-order valence-corrected chi connectivity index (χ4v) is 4.21. The third-order valence-corrected chi connectivity index (χ3v) is 5.96. The highest BCUT2D eigenvalue weighted by molar-refractivity contribution is 6.06. The minimum Gasteiger partial charge on any atom is -0.456 e. The first-order valence-electron chi connectivity index (χ1n) is 11.2. The van der Waals surface area contributed by atoms with Crippen molar-refractivity contribution < 1.29 is 14.1 Å². The molecule has 180 valence electrons. The highest BCUT2D eigenvalue weighted by Gasteiger charge is 2.16. The molecule has 0 bridgehead atoms. The zero-order valence-electron chi connectivity index (χ0n) is 18.9. The predicted molar refractivity (Wildman–Crippen MR) is 138 cm³/mol. The predicted octanol–water partition coefficient (Wildman–Crippen LogP) is 5.09. The van der Waals surface area contributed by atoms with Crippen LogP contribution in [0, 0.1) is 10.1 Å². The number of halogens is 1. The molecule has 1 amide bonds. The molecule has 9 heteroatoms. The van der Waals surface area contributed by atoms with Gasteiger partial charge in [-0.15, -0.1) is 12.4 Å². The van der Waals surface area contributed by atoms with Gasteiger partial charge >= 0.3 is 0 Å². The lowest BCUT2D eigenvalue weighted by molar-refractivity contribution is -0.384. The molecule has 0 radical (unpaired) electrons. The van der Waals surface area contributed by atoms with Gasteiger partial charge in [-0.3, -0.25) is 19.8 Å². The number of benzene rings is 3. The van der Waals surface area contributed by atoms with E-state index in [0.717, 1.165) is 49.3 Å². The van der Waals surface area contributed by atoms with Crippen LogP contribution in [-0.2, 0) is 6.54 Å². The fourth-order valence-electron chi connectivity index (χ4n) is 4.21. The number of amides is 1. The summed E-state index contributed by atoms with van der Waals surface area (Å²) in [5.74, 6) is 0.217. The SMILES string of the molecule is Cl.O=C(Nc1ccccc1-c1cc2cc(CN3CCNCC3)ccc2o1)c1cccc([N+](=O)[O-])c1. The molecule has 0 saturated carbocycles. The standard InChI is InChI=1S/C26H24N4O4.ClH/c31-26(19-4-3-5-21(15-19)30(32)33)28-23-7-2-1-6-22(23)25-16-20-14-18(8-9-24(20)34-25)17-29-12-10-27-11-13-29;/h1-9,14-16,27H,10-13,17H2,(H,28,31);1H. The van der Waals surface area contributed by atoms with E-state index in [1.807, 2.05) is 30.3 Å². The maximum atomic E-state index is 12.8. The summed E-state index contributed by atoms with van der Waals surface area (Å²) in [6, 6.07) is 21.2. The van der Waals surface area contributed by atoms with Crippen LogP contribution in [0.1, 0.15) is 15.9 Å². The van der Waals surface area contributed by atoms with Crippen molar-refractivity contribution in [1.29, 1.82) is 0 Å². The summed E-state index contributed by atoms with van der Waals surface area (Å²) in [6.45, 7) is 4.99. The van der Waals surface area contributed by atoms with Crippen molar-refractivity contribution in [2.45, 2.75) is 6.54 Å². The van der Waals surface area contributed by atoms with Crippen LogP contribution in [0.25, 0.3) is 22.3 Å². The Labute approximate surface area is 208 Å². The van der Waals surface area contributed by atoms with Crippen LogP contribution in [0.5, 0.6) is 0 Å². The summed E-state index contributed by atoms with van der Waals surface area (Å²) in [6.07, 6.45) is 0. The second-order valence-corrected chi connectivity index (χ2v) is 8.32. The molecule has 8 nitrogen and oxygen atoms in total. The normalized spacial score (nSPS) is 13.8. The molecule has 2 N–H and O–H groups in total. The first-order valence-corrected chi connectivity index (χ1v) is 11.2. The van der Waals surface area contributed by atoms with Crippen LogP contribution in [0.4, 0.5) is 11.4 Å². The Hall–Kier alpha value is -3.72. The largest absolute Gasteiger partial charge is 0.456 e. The molecule has 4 aromatic rings. The van der Waals surface area contributed by atoms with Crippen LogP contribution < -0.4 is 10.6 Å². The van der Waals surface area contributed by atoms with E-state index in [0.29, 0.717) is 11.4 Å². The van der Waals surface area contributed by atoms with E-state index in [2.05, 4.69) is 27.7 Å². The van der Waals surface area contributed by atoms with Gasteiger partial charge in [0.15, 0.2) is 0 Å². The van der Waals surface area contributed by atoms with E-state index in [9.17, 15) is 14.9 Å². The lowest BCUT2D eigenvalue weighted by atomic mass is 10.1. The maximum Gasteiger partial charge on any atom is 0.270 e. The number of hydrogen-bond acceptors (Lipinski definition) is 6. The van der Waals surface area contributed by atoms with E-state index in [4.69, 9.17) is 4.42 Å². The molecule has 0 aliphatic carbocycles. The number of hydrogen-bond donors (Lipinski definition) is 2. The van der Waals surface area contributed by atoms with Crippen molar-refractivity contribution >= 4 is 40.7 Å². The highest BCUT2D eigenvalue weighted by atomic mass is 35.5. The summed E-state index contributed by atoms with van der Waals surface area (Å²) in [5, 5.41) is 18.3. The Kier molecular flexibility index (Phi) is 7.45. The topological polar surface area (TPSA) is 101 Å². The number of carbonyl (C=O) groups is 1. The molecule has 0 spiro atoms. The second-order valence-electron chi connectivity index (χ2n) is 8.32. The number of rotatable bonds is 6. The first kappa shape index (κ1) is 24.4. The van der Waals surface area contributed by atoms with Gasteiger partial charge in [-0.2, -0.15) is 0 Å². The number of carbonyl (C=O) groups excluding carboxylic acids is 1. The summed E-state index contributed by atoms with van der Waals surface area (Å²) in [4.78, 5) is 25.8. The second kappa shape index (κ2) is 10.7. The molecule has 2 heterocycles. The monoisotopic (exact) mass is 492 g/mol. The number of anilines is 1. The van der Waals surface area contributed by atoms with Crippen LogP contribution in [0.2, 0.25) is 0 Å². The van der Waals surface area contributed by atoms with Gasteiger partial charge < -0.3 is 15.1 Å². The lowest BCUT2D eigenvalue weighted by Gasteiger charge is -2.27. The number of nitrogens with one attached hydrogen (secondary N) is 2. The zero-order valence-corrected chi connectivity index (χ0v) is 19.7. The quantitative estimate of drug-likeness (QED) is 0.287. The lowest BCUT2D eigenvalue weighted by Crippen LogP contribution is -2.42. The molecular formula is C26H25ClN4O4. The van der Waals surface area contributed by atoms with E-state index in [1.165, 1.54) is 23.8 Å². The molecule has 3 aromatic carbocycles. The summed E-state index contributed by atoms with van der Waals surface area (Å²) in [7, 11) is 0. The van der Waals surface area contributed by atoms with Gasteiger partial charge in [0, 0.05) is 61.4 Å². The molecule has 1 aliphatic heterocycles. The molecule has 1 aromatic heterocycles. The van der Waals surface area contributed by atoms with Crippen molar-refractivity contribution in [1.82, 2.24) is 10.2 Å². The van der Waals surface area contributed by atoms with Crippen LogP contribution in [0.15, 0.2) is 77.2 Å². The number of piperazine rings is 1. The van der Waals surface area contributed by atoms with E-state index >= 15 is 0 Å². The van der Waals surface area contributed by atoms with E-state index < -0.39 is 10.8 Å². The molecule has 1 aliphatic rings. The van der Waals surface area contributed by atoms with Crippen molar-refractivity contribution in [3.63, 3.8) is 0 Å². The molecule has 1 fully saturated rings. The van der Waals surface area contributed by atoms with Gasteiger partial charge in [0.2, 0.25) is 0 Å². The third-order valence-electron chi connectivity index (χ3n) is 5.96. The highest BCUT2D eigenvalue weighted by Crippen LogP contribution is 2.33. The number of furan rings is 1. The Bertz CT molecular complexity index is 1360. The molecular weight excluding hydrogens is 468 g/mol. The van der Waals surface area contributed by atoms with Crippen molar-refractivity contribution in [3.8, 4) is 11.3 Å². The molecule has 0 unspecified atom stereocenters. The van der Waals surface area contributed by atoms with Crippen molar-refractivity contribution in [2.24, 2.45) is 0 Å². The summed E-state index contributed by atoms with van der Waals surface area (Å²) in [5.41, 5.74) is 3.40. The smallest absolute Gasteiger partial charge is 0.270 e. The minimum absolute atomic E-state index is 0. The van der Waals surface area contributed by atoms with Crippen molar-refractivity contribution in [2.75, 3.05) is 31.5 Å². The molecule has 35 heavy (non-hydrogen) atoms. The van der Waals surface area contributed by atoms with Gasteiger partial charge in [-0.05, 0) is 42.0 Å². The maximum absolute atomic E-state index is 12.8. The molecule has 0 atom stereocenters. The molecule has 1 saturated heterocycles.